The number of benzene rings is 1. The van der Waals surface area contributed by atoms with Gasteiger partial charge in [0.05, 0.1) is 0 Å². The molecule has 114 valence electrons. The molecule has 1 heterocycles. The summed E-state index contributed by atoms with van der Waals surface area (Å²) in [5, 5.41) is 1.65. The summed E-state index contributed by atoms with van der Waals surface area (Å²) in [6.07, 6.45) is 1.88. The Hall–Kier alpha value is -1.32. The summed E-state index contributed by atoms with van der Waals surface area (Å²) < 4.78 is 5.34. The van der Waals surface area contributed by atoms with Gasteiger partial charge < -0.3 is 4.42 Å². The second kappa shape index (κ2) is 6.63. The van der Waals surface area contributed by atoms with Gasteiger partial charge in [-0.05, 0) is 50.1 Å². The second-order valence-corrected chi connectivity index (χ2v) is 5.96. The van der Waals surface area contributed by atoms with Crippen molar-refractivity contribution in [2.75, 3.05) is 7.05 Å². The Balaban J connectivity index is 2.52. The highest BCUT2D eigenvalue weighted by molar-refractivity contribution is 6.32. The molecule has 21 heavy (non-hydrogen) atoms. The third kappa shape index (κ3) is 3.47. The van der Waals surface area contributed by atoms with Crippen molar-refractivity contribution in [1.82, 2.24) is 4.90 Å². The molecule has 0 amide bonds. The molecule has 2 rings (SSSR count). The maximum Gasteiger partial charge on any atom is 0.336 e. The molecule has 0 aliphatic carbocycles. The van der Waals surface area contributed by atoms with Crippen LogP contribution in [-0.2, 0) is 13.0 Å². The van der Waals surface area contributed by atoms with Gasteiger partial charge in [0.2, 0.25) is 0 Å². The van der Waals surface area contributed by atoms with Gasteiger partial charge in [0, 0.05) is 29.1 Å². The SMILES string of the molecule is CCc1cc2oc(=O)cc(CN(C)C(C)CC)c2cc1Cl. The Morgan fingerprint density at radius 1 is 1.24 bits per heavy atom. The minimum absolute atomic E-state index is 0.306. The van der Waals surface area contributed by atoms with Crippen molar-refractivity contribution < 1.29 is 4.42 Å². The van der Waals surface area contributed by atoms with E-state index in [0.29, 0.717) is 18.2 Å². The number of nitrogens with zero attached hydrogens (tertiary/aromatic N) is 1. The molecule has 0 fully saturated rings. The highest BCUT2D eigenvalue weighted by atomic mass is 35.5. The quantitative estimate of drug-likeness (QED) is 0.775. The topological polar surface area (TPSA) is 33.5 Å². The fourth-order valence-electron chi connectivity index (χ4n) is 2.43. The van der Waals surface area contributed by atoms with E-state index in [4.69, 9.17) is 16.0 Å². The molecule has 0 spiro atoms. The van der Waals surface area contributed by atoms with Gasteiger partial charge in [0.1, 0.15) is 5.58 Å². The van der Waals surface area contributed by atoms with Crippen LogP contribution in [0, 0.1) is 0 Å². The molecule has 2 aromatic rings. The van der Waals surface area contributed by atoms with Gasteiger partial charge >= 0.3 is 5.63 Å². The number of aryl methyl sites for hydroxylation is 1. The summed E-state index contributed by atoms with van der Waals surface area (Å²) >= 11 is 6.31. The zero-order valence-corrected chi connectivity index (χ0v) is 13.8. The molecule has 4 heteroatoms. The van der Waals surface area contributed by atoms with Crippen molar-refractivity contribution in [1.29, 1.82) is 0 Å². The summed E-state index contributed by atoms with van der Waals surface area (Å²) in [5.74, 6) is 0. The van der Waals surface area contributed by atoms with Crippen LogP contribution >= 0.6 is 11.6 Å². The normalized spacial score (nSPS) is 13.0. The third-order valence-electron chi connectivity index (χ3n) is 4.14. The first-order valence-corrected chi connectivity index (χ1v) is 7.79. The van der Waals surface area contributed by atoms with Gasteiger partial charge in [0.25, 0.3) is 0 Å². The maximum absolute atomic E-state index is 11.8. The van der Waals surface area contributed by atoms with Crippen LogP contribution in [0.15, 0.2) is 27.4 Å². The fourth-order valence-corrected chi connectivity index (χ4v) is 2.72. The molecule has 1 aromatic heterocycles. The third-order valence-corrected chi connectivity index (χ3v) is 4.49. The summed E-state index contributed by atoms with van der Waals surface area (Å²) in [4.78, 5) is 14.0. The summed E-state index contributed by atoms with van der Waals surface area (Å²) in [6, 6.07) is 5.82. The first-order valence-electron chi connectivity index (χ1n) is 7.41. The lowest BCUT2D eigenvalue weighted by Crippen LogP contribution is -2.28. The molecule has 1 atom stereocenters. The van der Waals surface area contributed by atoms with E-state index in [1.54, 1.807) is 6.07 Å². The number of fused-ring (bicyclic) bond motifs is 1. The van der Waals surface area contributed by atoms with E-state index in [1.807, 2.05) is 19.1 Å². The van der Waals surface area contributed by atoms with Crippen LogP contribution in [0.1, 0.15) is 38.3 Å². The Labute approximate surface area is 130 Å². The minimum atomic E-state index is -0.306. The Kier molecular flexibility index (Phi) is 5.07. The van der Waals surface area contributed by atoms with Crippen LogP contribution in [0.4, 0.5) is 0 Å². The van der Waals surface area contributed by atoms with Gasteiger partial charge in [-0.25, -0.2) is 4.79 Å². The molecular formula is C17H22ClNO2. The first kappa shape index (κ1) is 16.1. The van der Waals surface area contributed by atoms with Crippen LogP contribution in [0.2, 0.25) is 5.02 Å². The lowest BCUT2D eigenvalue weighted by Gasteiger charge is -2.24. The molecule has 0 N–H and O–H groups in total. The van der Waals surface area contributed by atoms with Gasteiger partial charge in [0.15, 0.2) is 0 Å². The number of hydrogen-bond acceptors (Lipinski definition) is 3. The molecular weight excluding hydrogens is 286 g/mol. The van der Waals surface area contributed by atoms with E-state index in [0.717, 1.165) is 34.4 Å². The van der Waals surface area contributed by atoms with E-state index >= 15 is 0 Å². The lowest BCUT2D eigenvalue weighted by molar-refractivity contribution is 0.244. The summed E-state index contributed by atoms with van der Waals surface area (Å²) in [5.41, 5.74) is 2.28. The number of halogens is 1. The van der Waals surface area contributed by atoms with Crippen molar-refractivity contribution in [3.05, 3.63) is 44.8 Å². The van der Waals surface area contributed by atoms with Crippen LogP contribution in [0.3, 0.4) is 0 Å². The van der Waals surface area contributed by atoms with Crippen LogP contribution in [0.5, 0.6) is 0 Å². The van der Waals surface area contributed by atoms with Crippen LogP contribution in [-0.4, -0.2) is 18.0 Å². The highest BCUT2D eigenvalue weighted by Gasteiger charge is 2.13. The predicted octanol–water partition coefficient (Wildman–Crippen LogP) is 4.24. The van der Waals surface area contributed by atoms with Crippen molar-refractivity contribution >= 4 is 22.6 Å². The van der Waals surface area contributed by atoms with E-state index < -0.39 is 0 Å². The standard InChI is InChI=1S/C17H22ClNO2/c1-5-11(3)19(4)10-13-8-17(20)21-16-7-12(6-2)15(18)9-14(13)16/h7-9,11H,5-6,10H2,1-4H3. The Morgan fingerprint density at radius 2 is 1.95 bits per heavy atom. The monoisotopic (exact) mass is 307 g/mol. The van der Waals surface area contributed by atoms with Crippen LogP contribution in [0.25, 0.3) is 11.0 Å². The van der Waals surface area contributed by atoms with Gasteiger partial charge in [-0.2, -0.15) is 0 Å². The lowest BCUT2D eigenvalue weighted by atomic mass is 10.1. The van der Waals surface area contributed by atoms with E-state index in [-0.39, 0.29) is 5.63 Å². The van der Waals surface area contributed by atoms with E-state index in [2.05, 4.69) is 25.8 Å². The zero-order valence-electron chi connectivity index (χ0n) is 13.1. The summed E-state index contributed by atoms with van der Waals surface area (Å²) in [7, 11) is 2.07. The zero-order chi connectivity index (χ0) is 15.6. The molecule has 3 nitrogen and oxygen atoms in total. The second-order valence-electron chi connectivity index (χ2n) is 5.56. The number of rotatable bonds is 5. The minimum Gasteiger partial charge on any atom is -0.423 e. The molecule has 0 saturated carbocycles. The summed E-state index contributed by atoms with van der Waals surface area (Å²) in [6.45, 7) is 7.07. The largest absolute Gasteiger partial charge is 0.423 e. The Morgan fingerprint density at radius 3 is 2.57 bits per heavy atom. The molecule has 0 bridgehead atoms. The highest BCUT2D eigenvalue weighted by Crippen LogP contribution is 2.27. The molecule has 0 saturated heterocycles. The fraction of sp³-hybridized carbons (Fsp3) is 0.471. The van der Waals surface area contributed by atoms with Crippen molar-refractivity contribution in [3.63, 3.8) is 0 Å². The van der Waals surface area contributed by atoms with E-state index in [9.17, 15) is 4.79 Å². The average molecular weight is 308 g/mol. The average Bonchev–Trinajstić information content (AvgIpc) is 2.46. The molecule has 1 aromatic carbocycles. The van der Waals surface area contributed by atoms with Gasteiger partial charge in [-0.15, -0.1) is 0 Å². The molecule has 0 aliphatic rings. The Bertz CT molecular complexity index is 693. The first-order chi connectivity index (χ1) is 9.96. The smallest absolute Gasteiger partial charge is 0.336 e. The number of hydrogen-bond donors (Lipinski definition) is 0. The maximum atomic E-state index is 11.8. The van der Waals surface area contributed by atoms with Crippen LogP contribution < -0.4 is 5.63 Å². The van der Waals surface area contributed by atoms with Crippen molar-refractivity contribution in [2.24, 2.45) is 0 Å². The molecule has 1 unspecified atom stereocenters. The van der Waals surface area contributed by atoms with E-state index in [1.165, 1.54) is 0 Å². The van der Waals surface area contributed by atoms with Crippen molar-refractivity contribution in [3.8, 4) is 0 Å². The molecule has 0 aliphatic heterocycles. The van der Waals surface area contributed by atoms with Crippen molar-refractivity contribution in [2.45, 2.75) is 46.2 Å². The predicted molar refractivity (Wildman–Crippen MR) is 88.1 cm³/mol. The van der Waals surface area contributed by atoms with Gasteiger partial charge in [-0.1, -0.05) is 25.4 Å². The molecule has 0 radical (unpaired) electrons. The van der Waals surface area contributed by atoms with Gasteiger partial charge in [-0.3, -0.25) is 4.90 Å².